The molecule has 0 radical (unpaired) electrons. The Labute approximate surface area is 103 Å². The van der Waals surface area contributed by atoms with Gasteiger partial charge in [-0.1, -0.05) is 6.92 Å². The van der Waals surface area contributed by atoms with Crippen molar-refractivity contribution in [1.29, 1.82) is 0 Å². The number of nitrogens with one attached hydrogen (secondary N) is 1. The maximum atomic E-state index is 11.6. The molecule has 5 nitrogen and oxygen atoms in total. The van der Waals surface area contributed by atoms with Gasteiger partial charge >= 0.3 is 0 Å². The summed E-state index contributed by atoms with van der Waals surface area (Å²) in [6.07, 6.45) is 2.03. The van der Waals surface area contributed by atoms with E-state index in [1.807, 2.05) is 18.7 Å². The molecule has 0 aromatic carbocycles. The predicted molar refractivity (Wildman–Crippen MR) is 66.3 cm³/mol. The molecule has 5 heteroatoms. The minimum Gasteiger partial charge on any atom is -0.352 e. The number of nitrogens with two attached hydrogens (primary N) is 1. The molecule has 1 saturated heterocycles. The van der Waals surface area contributed by atoms with E-state index in [0.717, 1.165) is 13.0 Å². The molecule has 3 N–H and O–H groups in total. The highest BCUT2D eigenvalue weighted by Gasteiger charge is 2.22. The third-order valence-electron chi connectivity index (χ3n) is 3.01. The maximum absolute atomic E-state index is 11.6. The maximum Gasteiger partial charge on any atom is 0.222 e. The largest absolute Gasteiger partial charge is 0.352 e. The van der Waals surface area contributed by atoms with Crippen molar-refractivity contribution in [3.8, 4) is 0 Å². The number of carbonyl (C=O) groups excluding carboxylic acids is 2. The second-order valence-corrected chi connectivity index (χ2v) is 4.96. The normalized spacial score (nSPS) is 19.2. The lowest BCUT2D eigenvalue weighted by Crippen LogP contribution is -2.43. The lowest BCUT2D eigenvalue weighted by molar-refractivity contribution is -0.129. The molecule has 98 valence electrons. The van der Waals surface area contributed by atoms with Crippen LogP contribution in [-0.4, -0.2) is 42.4 Å². The van der Waals surface area contributed by atoms with Crippen LogP contribution in [0.15, 0.2) is 0 Å². The van der Waals surface area contributed by atoms with Crippen molar-refractivity contribution in [3.05, 3.63) is 0 Å². The molecule has 0 aromatic rings. The van der Waals surface area contributed by atoms with Gasteiger partial charge in [-0.3, -0.25) is 9.59 Å². The number of amides is 2. The first-order chi connectivity index (χ1) is 8.02. The highest BCUT2D eigenvalue weighted by atomic mass is 16.2. The zero-order valence-corrected chi connectivity index (χ0v) is 10.7. The molecule has 0 aromatic heterocycles. The van der Waals surface area contributed by atoms with Gasteiger partial charge in [0.2, 0.25) is 11.8 Å². The van der Waals surface area contributed by atoms with E-state index in [9.17, 15) is 9.59 Å². The smallest absolute Gasteiger partial charge is 0.222 e. The fourth-order valence-electron chi connectivity index (χ4n) is 2.01. The number of hydrogen-bond donors (Lipinski definition) is 2. The molecule has 2 amide bonds. The molecular formula is C12H23N3O2. The van der Waals surface area contributed by atoms with Crippen LogP contribution in [0, 0.1) is 5.92 Å². The zero-order chi connectivity index (χ0) is 12.8. The summed E-state index contributed by atoms with van der Waals surface area (Å²) in [4.78, 5) is 24.8. The average Bonchev–Trinajstić information content (AvgIpc) is 2.63. The summed E-state index contributed by atoms with van der Waals surface area (Å²) in [5.41, 5.74) is 5.47. The fraction of sp³-hybridized carbons (Fsp3) is 0.833. The summed E-state index contributed by atoms with van der Waals surface area (Å²) >= 11 is 0. The Bertz CT molecular complexity index is 281. The summed E-state index contributed by atoms with van der Waals surface area (Å²) < 4.78 is 0. The van der Waals surface area contributed by atoms with Crippen LogP contribution in [0.4, 0.5) is 0 Å². The van der Waals surface area contributed by atoms with E-state index in [2.05, 4.69) is 5.32 Å². The third-order valence-corrected chi connectivity index (χ3v) is 3.01. The number of rotatable bonds is 6. The van der Waals surface area contributed by atoms with Gasteiger partial charge in [-0.15, -0.1) is 0 Å². The molecule has 0 bridgehead atoms. The molecule has 0 aliphatic carbocycles. The van der Waals surface area contributed by atoms with Crippen molar-refractivity contribution in [2.75, 3.05) is 19.6 Å². The Morgan fingerprint density at radius 1 is 1.53 bits per heavy atom. The first kappa shape index (κ1) is 14.0. The minimum atomic E-state index is 0.00882. The van der Waals surface area contributed by atoms with Crippen molar-refractivity contribution in [2.45, 2.75) is 39.2 Å². The van der Waals surface area contributed by atoms with Crippen LogP contribution in [0.1, 0.15) is 33.1 Å². The summed E-state index contributed by atoms with van der Waals surface area (Å²) in [7, 11) is 0. The molecule has 1 fully saturated rings. The number of carbonyl (C=O) groups is 2. The van der Waals surface area contributed by atoms with Gasteiger partial charge in [0.1, 0.15) is 0 Å². The topological polar surface area (TPSA) is 75.4 Å². The van der Waals surface area contributed by atoms with Crippen LogP contribution >= 0.6 is 0 Å². The van der Waals surface area contributed by atoms with E-state index < -0.39 is 0 Å². The van der Waals surface area contributed by atoms with Crippen molar-refractivity contribution in [3.63, 3.8) is 0 Å². The first-order valence-electron chi connectivity index (χ1n) is 6.30. The van der Waals surface area contributed by atoms with Crippen molar-refractivity contribution < 1.29 is 9.59 Å². The molecule has 0 spiro atoms. The quantitative estimate of drug-likeness (QED) is 0.692. The first-order valence-corrected chi connectivity index (χ1v) is 6.30. The van der Waals surface area contributed by atoms with E-state index >= 15 is 0 Å². The van der Waals surface area contributed by atoms with Gasteiger partial charge in [-0.25, -0.2) is 0 Å². The van der Waals surface area contributed by atoms with E-state index in [1.165, 1.54) is 0 Å². The van der Waals surface area contributed by atoms with E-state index in [4.69, 9.17) is 5.73 Å². The number of nitrogens with zero attached hydrogens (tertiary/aromatic N) is 1. The molecule has 0 saturated carbocycles. The standard InChI is InChI=1S/C12H23N3O2/c1-9(7-13)6-11(16)14-10(2)8-15-5-3-4-12(15)17/h9-10H,3-8,13H2,1-2H3,(H,14,16). The highest BCUT2D eigenvalue weighted by Crippen LogP contribution is 2.09. The molecule has 1 aliphatic heterocycles. The second kappa shape index (κ2) is 6.59. The molecular weight excluding hydrogens is 218 g/mol. The number of likely N-dealkylation sites (tertiary alicyclic amines) is 1. The van der Waals surface area contributed by atoms with Gasteiger partial charge in [0.05, 0.1) is 0 Å². The fourth-order valence-corrected chi connectivity index (χ4v) is 2.01. The van der Waals surface area contributed by atoms with Crippen LogP contribution in [0.3, 0.4) is 0 Å². The third kappa shape index (κ3) is 4.73. The SMILES string of the molecule is CC(CN)CC(=O)NC(C)CN1CCCC1=O. The van der Waals surface area contributed by atoms with Crippen LogP contribution in [0.25, 0.3) is 0 Å². The molecule has 2 atom stereocenters. The monoisotopic (exact) mass is 241 g/mol. The van der Waals surface area contributed by atoms with Crippen LogP contribution in [0.5, 0.6) is 0 Å². The lowest BCUT2D eigenvalue weighted by atomic mass is 10.1. The molecule has 17 heavy (non-hydrogen) atoms. The van der Waals surface area contributed by atoms with Gasteiger partial charge in [0.25, 0.3) is 0 Å². The van der Waals surface area contributed by atoms with Gasteiger partial charge in [-0.05, 0) is 25.8 Å². The van der Waals surface area contributed by atoms with Gasteiger partial charge in [-0.2, -0.15) is 0 Å². The Morgan fingerprint density at radius 3 is 2.76 bits per heavy atom. The van der Waals surface area contributed by atoms with Crippen LogP contribution in [0.2, 0.25) is 0 Å². The van der Waals surface area contributed by atoms with Gasteiger partial charge < -0.3 is 16.0 Å². The van der Waals surface area contributed by atoms with Crippen molar-refractivity contribution >= 4 is 11.8 Å². The van der Waals surface area contributed by atoms with Crippen LogP contribution in [-0.2, 0) is 9.59 Å². The molecule has 1 heterocycles. The van der Waals surface area contributed by atoms with E-state index in [-0.39, 0.29) is 23.8 Å². The lowest BCUT2D eigenvalue weighted by Gasteiger charge is -2.22. The summed E-state index contributed by atoms with van der Waals surface area (Å²) in [6, 6.07) is 0.00882. The Kier molecular flexibility index (Phi) is 5.41. The van der Waals surface area contributed by atoms with Crippen molar-refractivity contribution in [1.82, 2.24) is 10.2 Å². The molecule has 2 unspecified atom stereocenters. The number of hydrogen-bond acceptors (Lipinski definition) is 3. The predicted octanol–water partition coefficient (Wildman–Crippen LogP) is 0.0984. The Morgan fingerprint density at radius 2 is 2.24 bits per heavy atom. The van der Waals surface area contributed by atoms with Gasteiger partial charge in [0.15, 0.2) is 0 Å². The minimum absolute atomic E-state index is 0.00882. The highest BCUT2D eigenvalue weighted by molar-refractivity contribution is 5.78. The second-order valence-electron chi connectivity index (χ2n) is 4.96. The van der Waals surface area contributed by atoms with Crippen molar-refractivity contribution in [2.24, 2.45) is 11.7 Å². The summed E-state index contributed by atoms with van der Waals surface area (Å²) in [5, 5.41) is 2.90. The molecule has 1 rings (SSSR count). The van der Waals surface area contributed by atoms with Gasteiger partial charge in [0, 0.05) is 32.0 Å². The molecule has 1 aliphatic rings. The summed E-state index contributed by atoms with van der Waals surface area (Å²) in [6.45, 7) is 5.83. The zero-order valence-electron chi connectivity index (χ0n) is 10.7. The Hall–Kier alpha value is -1.10. The average molecular weight is 241 g/mol. The van der Waals surface area contributed by atoms with E-state index in [1.54, 1.807) is 0 Å². The van der Waals surface area contributed by atoms with E-state index in [0.29, 0.717) is 25.9 Å². The Balaban J connectivity index is 2.26. The van der Waals surface area contributed by atoms with Crippen LogP contribution < -0.4 is 11.1 Å². The summed E-state index contributed by atoms with van der Waals surface area (Å²) in [5.74, 6) is 0.416.